The molecule has 0 radical (unpaired) electrons. The Morgan fingerprint density at radius 3 is 1.77 bits per heavy atom. The molecular weight excluding hydrogens is 419 g/mol. The van der Waals surface area contributed by atoms with Crippen LogP contribution in [0.1, 0.15) is 103 Å². The molecule has 31 heavy (non-hydrogen) atoms. The highest BCUT2D eigenvalue weighted by atomic mass is 31.2. The van der Waals surface area contributed by atoms with Gasteiger partial charge in [0, 0.05) is 0 Å². The van der Waals surface area contributed by atoms with E-state index < -0.39 is 7.82 Å². The first-order valence-corrected chi connectivity index (χ1v) is 14.0. The molecule has 0 aromatic heterocycles. The number of rotatable bonds is 21. The van der Waals surface area contributed by atoms with Gasteiger partial charge in [-0.1, -0.05) is 96.8 Å². The highest BCUT2D eigenvalue weighted by Crippen LogP contribution is 2.43. The van der Waals surface area contributed by atoms with Crippen molar-refractivity contribution in [2.24, 2.45) is 0 Å². The average Bonchev–Trinajstić information content (AvgIpc) is 2.77. The summed E-state index contributed by atoms with van der Waals surface area (Å²) in [6.45, 7) is 2.63. The first kappa shape index (κ1) is 29.0. The van der Waals surface area contributed by atoms with E-state index in [1.807, 2.05) is 0 Å². The molecule has 1 unspecified atom stereocenters. The molecule has 1 heterocycles. The minimum absolute atomic E-state index is 0.0531. The maximum atomic E-state index is 11.7. The lowest BCUT2D eigenvalue weighted by atomic mass is 10.0. The maximum absolute atomic E-state index is 11.7. The van der Waals surface area contributed by atoms with Gasteiger partial charge >= 0.3 is 7.82 Å². The number of hydrogen-bond acceptors (Lipinski definition) is 6. The van der Waals surface area contributed by atoms with Crippen molar-refractivity contribution in [1.29, 1.82) is 0 Å². The van der Waals surface area contributed by atoms with E-state index in [1.54, 1.807) is 0 Å². The Morgan fingerprint density at radius 1 is 0.774 bits per heavy atom. The lowest BCUT2D eigenvalue weighted by Crippen LogP contribution is -2.41. The molecule has 0 aromatic carbocycles. The molecule has 186 valence electrons. The predicted octanol–water partition coefficient (Wildman–Crippen LogP) is 5.77. The van der Waals surface area contributed by atoms with E-state index in [4.69, 9.17) is 19.1 Å². The topological polar surface area (TPSA) is 94.5 Å². The number of phosphoric ester groups is 1. The zero-order chi connectivity index (χ0) is 22.6. The van der Waals surface area contributed by atoms with Crippen LogP contribution in [0.2, 0.25) is 0 Å². The standard InChI is InChI=1S/C23H47O7P/c1-2-3-4-5-6-7-8-9-10-11-12-13-14-15-16-22-23(28-20-19-27-22)21-30-31(25,26)29-18-17-24/h22-24H,2-21H2,1H3,(H,25,26)/t22-,23-/m1/s1. The second-order valence-electron chi connectivity index (χ2n) is 8.52. The minimum atomic E-state index is -4.16. The molecule has 2 N–H and O–H groups in total. The number of unbranched alkanes of at least 4 members (excludes halogenated alkanes) is 13. The molecule has 0 saturated carbocycles. The van der Waals surface area contributed by atoms with Gasteiger partial charge in [-0.05, 0) is 6.42 Å². The van der Waals surface area contributed by atoms with E-state index >= 15 is 0 Å². The Hall–Kier alpha value is -0.0100. The van der Waals surface area contributed by atoms with Gasteiger partial charge in [0.25, 0.3) is 0 Å². The molecule has 0 amide bonds. The van der Waals surface area contributed by atoms with Gasteiger partial charge in [0.2, 0.25) is 0 Å². The largest absolute Gasteiger partial charge is 0.472 e. The highest BCUT2D eigenvalue weighted by molar-refractivity contribution is 7.47. The number of aliphatic hydroxyl groups excluding tert-OH is 1. The maximum Gasteiger partial charge on any atom is 0.472 e. The summed E-state index contributed by atoms with van der Waals surface area (Å²) >= 11 is 0. The first-order valence-electron chi connectivity index (χ1n) is 12.5. The number of phosphoric acid groups is 1. The second kappa shape index (κ2) is 19.5. The molecule has 0 spiro atoms. The fourth-order valence-electron chi connectivity index (χ4n) is 3.94. The van der Waals surface area contributed by atoms with Crippen LogP contribution in [0.4, 0.5) is 0 Å². The van der Waals surface area contributed by atoms with E-state index in [2.05, 4.69) is 11.4 Å². The molecule has 0 aromatic rings. The molecule has 7 nitrogen and oxygen atoms in total. The van der Waals surface area contributed by atoms with Gasteiger partial charge < -0.3 is 19.5 Å². The van der Waals surface area contributed by atoms with Crippen molar-refractivity contribution in [3.8, 4) is 0 Å². The van der Waals surface area contributed by atoms with Crippen LogP contribution in [0.5, 0.6) is 0 Å². The molecule has 0 aliphatic carbocycles. The monoisotopic (exact) mass is 466 g/mol. The number of hydrogen-bond donors (Lipinski definition) is 2. The summed E-state index contributed by atoms with van der Waals surface area (Å²) in [7, 11) is -4.16. The minimum Gasteiger partial charge on any atom is -0.394 e. The molecule has 0 bridgehead atoms. The fourth-order valence-corrected chi connectivity index (χ4v) is 4.66. The zero-order valence-electron chi connectivity index (χ0n) is 19.7. The van der Waals surface area contributed by atoms with Gasteiger partial charge in [-0.2, -0.15) is 0 Å². The van der Waals surface area contributed by atoms with Gasteiger partial charge in [0.1, 0.15) is 6.10 Å². The molecule has 1 saturated heterocycles. The molecular formula is C23H47O7P. The van der Waals surface area contributed by atoms with Crippen molar-refractivity contribution in [3.05, 3.63) is 0 Å². The average molecular weight is 467 g/mol. The van der Waals surface area contributed by atoms with Gasteiger partial charge in [-0.25, -0.2) is 4.57 Å². The van der Waals surface area contributed by atoms with Crippen LogP contribution in [0.25, 0.3) is 0 Å². The third-order valence-corrected chi connectivity index (χ3v) is 6.74. The van der Waals surface area contributed by atoms with Crippen molar-refractivity contribution in [2.45, 2.75) is 115 Å². The summed E-state index contributed by atoms with van der Waals surface area (Å²) in [6.07, 6.45) is 18.9. The van der Waals surface area contributed by atoms with Crippen LogP contribution < -0.4 is 0 Å². The van der Waals surface area contributed by atoms with Crippen LogP contribution in [0.15, 0.2) is 0 Å². The molecule has 1 fully saturated rings. The Morgan fingerprint density at radius 2 is 1.26 bits per heavy atom. The van der Waals surface area contributed by atoms with Gasteiger partial charge in [0.05, 0.1) is 39.1 Å². The highest BCUT2D eigenvalue weighted by Gasteiger charge is 2.30. The Balaban J connectivity index is 2.00. The smallest absolute Gasteiger partial charge is 0.394 e. The summed E-state index contributed by atoms with van der Waals surface area (Å²) in [6, 6.07) is 0. The predicted molar refractivity (Wildman–Crippen MR) is 123 cm³/mol. The van der Waals surface area contributed by atoms with E-state index in [0.29, 0.717) is 13.2 Å². The molecule has 8 heteroatoms. The van der Waals surface area contributed by atoms with Crippen molar-refractivity contribution < 1.29 is 33.1 Å². The van der Waals surface area contributed by atoms with Gasteiger partial charge in [-0.3, -0.25) is 9.05 Å². The number of aliphatic hydroxyl groups is 1. The van der Waals surface area contributed by atoms with E-state index in [1.165, 1.54) is 83.5 Å². The summed E-state index contributed by atoms with van der Waals surface area (Å²) < 4.78 is 32.8. The SMILES string of the molecule is CCCCCCCCCCCCCCCC[C@H]1OCCO[C@@H]1COP(=O)(O)OCCO. The van der Waals surface area contributed by atoms with Crippen LogP contribution in [-0.4, -0.2) is 55.2 Å². The summed E-state index contributed by atoms with van der Waals surface area (Å²) in [5, 5.41) is 8.69. The number of ether oxygens (including phenoxy) is 2. The van der Waals surface area contributed by atoms with Crippen LogP contribution in [0.3, 0.4) is 0 Å². The Bertz CT molecular complexity index is 450. The molecule has 1 aliphatic heterocycles. The first-order chi connectivity index (χ1) is 15.1. The third-order valence-electron chi connectivity index (χ3n) is 5.75. The fraction of sp³-hybridized carbons (Fsp3) is 1.00. The molecule has 3 atom stereocenters. The summed E-state index contributed by atoms with van der Waals surface area (Å²) in [5.74, 6) is 0. The van der Waals surface area contributed by atoms with Gasteiger partial charge in [-0.15, -0.1) is 0 Å². The van der Waals surface area contributed by atoms with Crippen molar-refractivity contribution in [1.82, 2.24) is 0 Å². The lowest BCUT2D eigenvalue weighted by Gasteiger charge is -2.32. The van der Waals surface area contributed by atoms with E-state index in [0.717, 1.165) is 12.8 Å². The zero-order valence-corrected chi connectivity index (χ0v) is 20.6. The van der Waals surface area contributed by atoms with E-state index in [-0.39, 0.29) is 32.0 Å². The van der Waals surface area contributed by atoms with Crippen LogP contribution >= 0.6 is 7.82 Å². The third kappa shape index (κ3) is 16.3. The Kier molecular flexibility index (Phi) is 18.2. The van der Waals surface area contributed by atoms with E-state index in [9.17, 15) is 9.46 Å². The quantitative estimate of drug-likeness (QED) is 0.164. The van der Waals surface area contributed by atoms with Crippen molar-refractivity contribution in [3.63, 3.8) is 0 Å². The second-order valence-corrected chi connectivity index (χ2v) is 9.98. The van der Waals surface area contributed by atoms with Crippen LogP contribution in [-0.2, 0) is 23.1 Å². The molecule has 1 aliphatic rings. The normalized spacial score (nSPS) is 21.3. The summed E-state index contributed by atoms with van der Waals surface area (Å²) in [5.41, 5.74) is 0. The molecule has 1 rings (SSSR count). The summed E-state index contributed by atoms with van der Waals surface area (Å²) in [4.78, 5) is 9.57. The van der Waals surface area contributed by atoms with Crippen LogP contribution in [0, 0.1) is 0 Å². The Labute approximate surface area is 189 Å². The van der Waals surface area contributed by atoms with Gasteiger partial charge in [0.15, 0.2) is 0 Å². The van der Waals surface area contributed by atoms with Crippen molar-refractivity contribution >= 4 is 7.82 Å². The lowest BCUT2D eigenvalue weighted by molar-refractivity contribution is -0.154. The van der Waals surface area contributed by atoms with Crippen molar-refractivity contribution in [2.75, 3.05) is 33.0 Å².